The highest BCUT2D eigenvalue weighted by Gasteiger charge is 2.15. The summed E-state index contributed by atoms with van der Waals surface area (Å²) in [6, 6.07) is 0. The van der Waals surface area contributed by atoms with Crippen molar-refractivity contribution < 1.29 is 28.6 Å². The first-order valence-electron chi connectivity index (χ1n) is 10.1. The number of ether oxygens (including phenoxy) is 3. The third-order valence-electron chi connectivity index (χ3n) is 3.45. The van der Waals surface area contributed by atoms with Crippen LogP contribution in [0.4, 0.5) is 4.79 Å². The number of amides is 2. The fraction of sp³-hybridized carbons (Fsp3) is 0.850. The SMILES string of the molecule is CC(=O)CCC(=O)NCCCOCCCCOCCCNC(=O)OC(C)(C)C. The summed E-state index contributed by atoms with van der Waals surface area (Å²) in [7, 11) is 0. The lowest BCUT2D eigenvalue weighted by molar-refractivity contribution is -0.124. The summed E-state index contributed by atoms with van der Waals surface area (Å²) in [5, 5.41) is 5.46. The minimum absolute atomic E-state index is 0.0277. The van der Waals surface area contributed by atoms with Gasteiger partial charge < -0.3 is 29.6 Å². The zero-order chi connectivity index (χ0) is 21.3. The van der Waals surface area contributed by atoms with Crippen LogP contribution in [0.5, 0.6) is 0 Å². The lowest BCUT2D eigenvalue weighted by Crippen LogP contribution is -2.33. The molecule has 8 nitrogen and oxygen atoms in total. The predicted octanol–water partition coefficient (Wildman–Crippen LogP) is 2.59. The van der Waals surface area contributed by atoms with Crippen LogP contribution in [-0.4, -0.2) is 62.9 Å². The van der Waals surface area contributed by atoms with E-state index in [1.54, 1.807) is 0 Å². The van der Waals surface area contributed by atoms with Crippen LogP contribution in [0, 0.1) is 0 Å². The maximum Gasteiger partial charge on any atom is 0.407 e. The summed E-state index contributed by atoms with van der Waals surface area (Å²) < 4.78 is 16.1. The van der Waals surface area contributed by atoms with Crippen molar-refractivity contribution in [3.05, 3.63) is 0 Å². The molecule has 0 saturated carbocycles. The molecule has 0 atom stereocenters. The van der Waals surface area contributed by atoms with Crippen molar-refractivity contribution in [1.82, 2.24) is 10.6 Å². The molecule has 0 rings (SSSR count). The molecule has 0 aromatic heterocycles. The van der Waals surface area contributed by atoms with Crippen molar-refractivity contribution >= 4 is 17.8 Å². The van der Waals surface area contributed by atoms with Gasteiger partial charge in [-0.15, -0.1) is 0 Å². The zero-order valence-electron chi connectivity index (χ0n) is 17.9. The minimum atomic E-state index is -0.479. The molecule has 0 radical (unpaired) electrons. The Morgan fingerprint density at radius 3 is 1.75 bits per heavy atom. The summed E-state index contributed by atoms with van der Waals surface area (Å²) in [4.78, 5) is 33.6. The van der Waals surface area contributed by atoms with Crippen LogP contribution in [0.3, 0.4) is 0 Å². The lowest BCUT2D eigenvalue weighted by atomic mass is 10.2. The Labute approximate surface area is 169 Å². The van der Waals surface area contributed by atoms with E-state index in [2.05, 4.69) is 10.6 Å². The van der Waals surface area contributed by atoms with Crippen molar-refractivity contribution in [2.75, 3.05) is 39.5 Å². The summed E-state index contributed by atoms with van der Waals surface area (Å²) in [6.07, 6.45) is 3.49. The number of hydrogen-bond donors (Lipinski definition) is 2. The van der Waals surface area contributed by atoms with E-state index in [1.807, 2.05) is 20.8 Å². The second-order valence-electron chi connectivity index (χ2n) is 7.62. The molecule has 0 fully saturated rings. The number of nitrogens with one attached hydrogen (secondary N) is 2. The van der Waals surface area contributed by atoms with Gasteiger partial charge in [0.15, 0.2) is 0 Å². The Hall–Kier alpha value is -1.67. The molecule has 0 spiro atoms. The Morgan fingerprint density at radius 1 is 0.750 bits per heavy atom. The van der Waals surface area contributed by atoms with Gasteiger partial charge in [0.1, 0.15) is 11.4 Å². The smallest absolute Gasteiger partial charge is 0.407 e. The Morgan fingerprint density at radius 2 is 1.25 bits per heavy atom. The first-order valence-corrected chi connectivity index (χ1v) is 10.1. The fourth-order valence-electron chi connectivity index (χ4n) is 2.07. The van der Waals surface area contributed by atoms with Crippen LogP contribution in [0.1, 0.15) is 66.2 Å². The number of hydrogen-bond acceptors (Lipinski definition) is 6. The van der Waals surface area contributed by atoms with E-state index in [0.29, 0.717) is 45.9 Å². The van der Waals surface area contributed by atoms with E-state index >= 15 is 0 Å². The van der Waals surface area contributed by atoms with Crippen molar-refractivity contribution in [3.63, 3.8) is 0 Å². The van der Waals surface area contributed by atoms with Gasteiger partial charge in [0, 0.05) is 52.4 Å². The zero-order valence-corrected chi connectivity index (χ0v) is 17.9. The van der Waals surface area contributed by atoms with E-state index in [-0.39, 0.29) is 18.1 Å². The average Bonchev–Trinajstić information content (AvgIpc) is 2.58. The molecule has 28 heavy (non-hydrogen) atoms. The summed E-state index contributed by atoms with van der Waals surface area (Å²) >= 11 is 0. The number of unbranched alkanes of at least 4 members (excludes halogenated alkanes) is 1. The molecule has 0 aliphatic heterocycles. The molecule has 0 saturated heterocycles. The molecule has 0 unspecified atom stereocenters. The minimum Gasteiger partial charge on any atom is -0.444 e. The quantitative estimate of drug-likeness (QED) is 0.385. The van der Waals surface area contributed by atoms with E-state index in [0.717, 1.165) is 25.7 Å². The molecule has 0 bridgehead atoms. The number of Topliss-reactive ketones (excluding diaryl/α,β-unsaturated/α-hetero) is 1. The summed E-state index contributed by atoms with van der Waals surface area (Å²) in [5.74, 6) is -0.0615. The second-order valence-corrected chi connectivity index (χ2v) is 7.62. The van der Waals surface area contributed by atoms with Gasteiger partial charge in [-0.25, -0.2) is 4.79 Å². The van der Waals surface area contributed by atoms with Crippen molar-refractivity contribution in [2.24, 2.45) is 0 Å². The number of carbonyl (C=O) groups is 3. The van der Waals surface area contributed by atoms with E-state index in [9.17, 15) is 14.4 Å². The molecule has 0 aliphatic carbocycles. The van der Waals surface area contributed by atoms with Gasteiger partial charge in [-0.05, 0) is 53.4 Å². The highest BCUT2D eigenvalue weighted by molar-refractivity contribution is 5.83. The molecule has 0 heterocycles. The number of ketones is 1. The Kier molecular flexibility index (Phi) is 15.3. The van der Waals surface area contributed by atoms with E-state index in [1.165, 1.54) is 6.92 Å². The first kappa shape index (κ1) is 26.3. The third-order valence-corrected chi connectivity index (χ3v) is 3.45. The normalized spacial score (nSPS) is 11.1. The van der Waals surface area contributed by atoms with Gasteiger partial charge >= 0.3 is 6.09 Å². The van der Waals surface area contributed by atoms with Crippen molar-refractivity contribution in [2.45, 2.75) is 71.8 Å². The van der Waals surface area contributed by atoms with E-state index in [4.69, 9.17) is 14.2 Å². The van der Waals surface area contributed by atoms with Crippen LogP contribution in [0.25, 0.3) is 0 Å². The highest BCUT2D eigenvalue weighted by Crippen LogP contribution is 2.06. The average molecular weight is 403 g/mol. The molecule has 0 aromatic rings. The van der Waals surface area contributed by atoms with Crippen LogP contribution in [-0.2, 0) is 23.8 Å². The maximum absolute atomic E-state index is 11.4. The van der Waals surface area contributed by atoms with E-state index < -0.39 is 11.7 Å². The third kappa shape index (κ3) is 20.6. The van der Waals surface area contributed by atoms with Gasteiger partial charge in [0.25, 0.3) is 0 Å². The lowest BCUT2D eigenvalue weighted by Gasteiger charge is -2.19. The molecule has 164 valence electrons. The van der Waals surface area contributed by atoms with Crippen LogP contribution < -0.4 is 10.6 Å². The largest absolute Gasteiger partial charge is 0.444 e. The molecule has 2 N–H and O–H groups in total. The molecular formula is C20H38N2O6. The summed E-state index contributed by atoms with van der Waals surface area (Å²) in [5.41, 5.74) is -0.479. The van der Waals surface area contributed by atoms with Crippen LogP contribution >= 0.6 is 0 Å². The molecule has 2 amide bonds. The van der Waals surface area contributed by atoms with Gasteiger partial charge in [-0.2, -0.15) is 0 Å². The van der Waals surface area contributed by atoms with Gasteiger partial charge in [0.05, 0.1) is 0 Å². The number of alkyl carbamates (subject to hydrolysis) is 1. The number of carbonyl (C=O) groups excluding carboxylic acids is 3. The van der Waals surface area contributed by atoms with Crippen LogP contribution in [0.2, 0.25) is 0 Å². The maximum atomic E-state index is 11.4. The molecule has 0 aliphatic rings. The number of rotatable bonds is 16. The van der Waals surface area contributed by atoms with Gasteiger partial charge in [0.2, 0.25) is 5.91 Å². The Bertz CT molecular complexity index is 448. The first-order chi connectivity index (χ1) is 13.2. The van der Waals surface area contributed by atoms with Crippen LogP contribution in [0.15, 0.2) is 0 Å². The van der Waals surface area contributed by atoms with Crippen molar-refractivity contribution in [1.29, 1.82) is 0 Å². The predicted molar refractivity (Wildman–Crippen MR) is 107 cm³/mol. The summed E-state index contributed by atoms with van der Waals surface area (Å²) in [6.45, 7) is 10.6. The molecule has 0 aromatic carbocycles. The Balaban J connectivity index is 3.25. The topological polar surface area (TPSA) is 103 Å². The second kappa shape index (κ2) is 16.3. The monoisotopic (exact) mass is 402 g/mol. The highest BCUT2D eigenvalue weighted by atomic mass is 16.6. The molecular weight excluding hydrogens is 364 g/mol. The van der Waals surface area contributed by atoms with Gasteiger partial charge in [-0.3, -0.25) is 4.79 Å². The van der Waals surface area contributed by atoms with Crippen molar-refractivity contribution in [3.8, 4) is 0 Å². The van der Waals surface area contributed by atoms with Gasteiger partial charge in [-0.1, -0.05) is 0 Å². The molecule has 8 heteroatoms. The fourth-order valence-corrected chi connectivity index (χ4v) is 2.07. The standard InChI is InChI=1S/C20H38N2O6/c1-17(23)9-10-18(24)21-11-7-15-26-13-5-6-14-27-16-8-12-22-19(25)28-20(2,3)4/h5-16H2,1-4H3,(H,21,24)(H,22,25).